The highest BCUT2D eigenvalue weighted by Gasteiger charge is 2.15. The van der Waals surface area contributed by atoms with Gasteiger partial charge in [0.05, 0.1) is 5.56 Å². The Labute approximate surface area is 112 Å². The van der Waals surface area contributed by atoms with E-state index in [1.807, 2.05) is 0 Å². The minimum Gasteiger partial charge on any atom is -0.478 e. The minimum atomic E-state index is -0.974. The van der Waals surface area contributed by atoms with Crippen molar-refractivity contribution in [2.75, 3.05) is 5.32 Å². The molecule has 0 spiro atoms. The van der Waals surface area contributed by atoms with E-state index in [1.165, 1.54) is 18.6 Å². The second-order valence-corrected chi connectivity index (χ2v) is 4.82. The van der Waals surface area contributed by atoms with Crippen LogP contribution in [0.4, 0.5) is 10.5 Å². The Morgan fingerprint density at radius 2 is 1.68 bits per heavy atom. The van der Waals surface area contributed by atoms with Gasteiger partial charge in [-0.25, -0.2) is 9.59 Å². The van der Waals surface area contributed by atoms with Crippen molar-refractivity contribution in [1.29, 1.82) is 0 Å². The van der Waals surface area contributed by atoms with Gasteiger partial charge in [-0.2, -0.15) is 0 Å². The monoisotopic (exact) mass is 262 g/mol. The van der Waals surface area contributed by atoms with Gasteiger partial charge in [0.2, 0.25) is 0 Å². The average Bonchev–Trinajstić information content (AvgIpc) is 2.40. The summed E-state index contributed by atoms with van der Waals surface area (Å²) in [6.07, 6.45) is 5.64. The Bertz CT molecular complexity index is 450. The van der Waals surface area contributed by atoms with E-state index in [2.05, 4.69) is 10.6 Å². The maximum Gasteiger partial charge on any atom is 0.335 e. The van der Waals surface area contributed by atoms with Crippen LogP contribution in [-0.2, 0) is 0 Å². The normalized spacial score (nSPS) is 15.8. The van der Waals surface area contributed by atoms with Crippen molar-refractivity contribution in [1.82, 2.24) is 5.32 Å². The highest BCUT2D eigenvalue weighted by atomic mass is 16.4. The molecule has 5 heteroatoms. The van der Waals surface area contributed by atoms with Crippen molar-refractivity contribution in [3.63, 3.8) is 0 Å². The molecule has 0 aromatic heterocycles. The highest BCUT2D eigenvalue weighted by molar-refractivity contribution is 5.91. The van der Waals surface area contributed by atoms with Gasteiger partial charge in [-0.05, 0) is 37.1 Å². The van der Waals surface area contributed by atoms with Crippen molar-refractivity contribution in [3.05, 3.63) is 29.8 Å². The van der Waals surface area contributed by atoms with Crippen LogP contribution >= 0.6 is 0 Å². The number of hydrogen-bond acceptors (Lipinski definition) is 2. The van der Waals surface area contributed by atoms with Crippen LogP contribution in [0.15, 0.2) is 24.3 Å². The van der Waals surface area contributed by atoms with Crippen LogP contribution in [-0.4, -0.2) is 23.1 Å². The van der Waals surface area contributed by atoms with Crippen LogP contribution in [0, 0.1) is 0 Å². The highest BCUT2D eigenvalue weighted by Crippen LogP contribution is 2.17. The van der Waals surface area contributed by atoms with Gasteiger partial charge in [0.1, 0.15) is 0 Å². The summed E-state index contributed by atoms with van der Waals surface area (Å²) in [5.74, 6) is -0.974. The number of anilines is 1. The van der Waals surface area contributed by atoms with E-state index in [4.69, 9.17) is 5.11 Å². The maximum absolute atomic E-state index is 11.8. The van der Waals surface area contributed by atoms with Gasteiger partial charge in [0.15, 0.2) is 0 Å². The zero-order chi connectivity index (χ0) is 13.7. The topological polar surface area (TPSA) is 78.4 Å². The molecule has 0 unspecified atom stereocenters. The van der Waals surface area contributed by atoms with Gasteiger partial charge >= 0.3 is 12.0 Å². The molecule has 3 N–H and O–H groups in total. The fraction of sp³-hybridized carbons (Fsp3) is 0.429. The quantitative estimate of drug-likeness (QED) is 0.783. The van der Waals surface area contributed by atoms with Gasteiger partial charge in [-0.15, -0.1) is 0 Å². The molecular weight excluding hydrogens is 244 g/mol. The molecule has 5 nitrogen and oxygen atoms in total. The molecule has 0 saturated heterocycles. The van der Waals surface area contributed by atoms with Crippen molar-refractivity contribution in [2.45, 2.75) is 38.1 Å². The van der Waals surface area contributed by atoms with E-state index in [0.29, 0.717) is 5.69 Å². The number of carbonyl (C=O) groups excluding carboxylic acids is 1. The van der Waals surface area contributed by atoms with E-state index in [1.54, 1.807) is 12.1 Å². The molecule has 1 aliphatic rings. The summed E-state index contributed by atoms with van der Waals surface area (Å²) in [4.78, 5) is 22.5. The number of amides is 2. The van der Waals surface area contributed by atoms with Gasteiger partial charge in [-0.1, -0.05) is 19.3 Å². The number of hydrogen-bond donors (Lipinski definition) is 3. The first kappa shape index (κ1) is 13.4. The predicted octanol–water partition coefficient (Wildman–Crippen LogP) is 2.84. The minimum absolute atomic E-state index is 0.207. The van der Waals surface area contributed by atoms with Crippen molar-refractivity contribution in [2.24, 2.45) is 0 Å². The molecule has 102 valence electrons. The molecule has 19 heavy (non-hydrogen) atoms. The molecule has 0 aliphatic heterocycles. The molecule has 0 bridgehead atoms. The van der Waals surface area contributed by atoms with Gasteiger partial charge in [0.25, 0.3) is 0 Å². The number of benzene rings is 1. The summed E-state index contributed by atoms with van der Waals surface area (Å²) in [6.45, 7) is 0. The smallest absolute Gasteiger partial charge is 0.335 e. The van der Waals surface area contributed by atoms with E-state index in [9.17, 15) is 9.59 Å². The lowest BCUT2D eigenvalue weighted by Crippen LogP contribution is -2.39. The van der Waals surface area contributed by atoms with E-state index in [-0.39, 0.29) is 17.6 Å². The fourth-order valence-electron chi connectivity index (χ4n) is 2.30. The second kappa shape index (κ2) is 6.22. The summed E-state index contributed by atoms with van der Waals surface area (Å²) in [6, 6.07) is 6.15. The molecule has 0 heterocycles. The molecule has 0 radical (unpaired) electrons. The molecular formula is C14H18N2O3. The lowest BCUT2D eigenvalue weighted by Gasteiger charge is -2.22. The molecule has 2 amide bonds. The van der Waals surface area contributed by atoms with Gasteiger partial charge in [-0.3, -0.25) is 0 Å². The molecule has 2 rings (SSSR count). The third-order valence-electron chi connectivity index (χ3n) is 3.33. The first-order chi connectivity index (χ1) is 9.15. The summed E-state index contributed by atoms with van der Waals surface area (Å²) in [5, 5.41) is 14.4. The summed E-state index contributed by atoms with van der Waals surface area (Å²) in [5.41, 5.74) is 0.802. The van der Waals surface area contributed by atoms with Crippen LogP contribution in [0.1, 0.15) is 42.5 Å². The number of urea groups is 1. The number of nitrogens with one attached hydrogen (secondary N) is 2. The van der Waals surface area contributed by atoms with Crippen LogP contribution in [0.25, 0.3) is 0 Å². The Balaban J connectivity index is 1.85. The zero-order valence-electron chi connectivity index (χ0n) is 10.7. The lowest BCUT2D eigenvalue weighted by atomic mass is 9.96. The zero-order valence-corrected chi connectivity index (χ0v) is 10.7. The Hall–Kier alpha value is -2.04. The maximum atomic E-state index is 11.8. The molecule has 1 saturated carbocycles. The number of rotatable bonds is 3. The van der Waals surface area contributed by atoms with Crippen LogP contribution < -0.4 is 10.6 Å². The van der Waals surface area contributed by atoms with E-state index < -0.39 is 5.97 Å². The average molecular weight is 262 g/mol. The summed E-state index contributed by atoms with van der Waals surface area (Å²) in [7, 11) is 0. The fourth-order valence-corrected chi connectivity index (χ4v) is 2.30. The van der Waals surface area contributed by atoms with Gasteiger partial charge in [0, 0.05) is 11.7 Å². The molecule has 0 atom stereocenters. The third kappa shape index (κ3) is 3.98. The van der Waals surface area contributed by atoms with Crippen molar-refractivity contribution >= 4 is 17.7 Å². The summed E-state index contributed by atoms with van der Waals surface area (Å²) < 4.78 is 0. The number of carboxylic acids is 1. The SMILES string of the molecule is O=C(Nc1ccc(C(=O)O)cc1)NC1CCCCC1. The van der Waals surface area contributed by atoms with Crippen LogP contribution in [0.3, 0.4) is 0 Å². The Morgan fingerprint density at radius 3 is 2.26 bits per heavy atom. The predicted molar refractivity (Wildman–Crippen MR) is 72.4 cm³/mol. The number of aromatic carboxylic acids is 1. The Kier molecular flexibility index (Phi) is 4.39. The van der Waals surface area contributed by atoms with Crippen molar-refractivity contribution < 1.29 is 14.7 Å². The third-order valence-corrected chi connectivity index (χ3v) is 3.33. The first-order valence-corrected chi connectivity index (χ1v) is 6.56. The summed E-state index contributed by atoms with van der Waals surface area (Å²) >= 11 is 0. The van der Waals surface area contributed by atoms with Crippen LogP contribution in [0.2, 0.25) is 0 Å². The number of carboxylic acid groups (broad SMARTS) is 1. The van der Waals surface area contributed by atoms with Crippen LogP contribution in [0.5, 0.6) is 0 Å². The molecule has 1 fully saturated rings. The molecule has 1 aromatic carbocycles. The standard InChI is InChI=1S/C14H18N2O3/c17-13(18)10-6-8-12(9-7-10)16-14(19)15-11-4-2-1-3-5-11/h6-9,11H,1-5H2,(H,17,18)(H2,15,16,19). The number of carbonyl (C=O) groups is 2. The molecule has 1 aromatic rings. The first-order valence-electron chi connectivity index (χ1n) is 6.56. The van der Waals surface area contributed by atoms with Gasteiger partial charge < -0.3 is 15.7 Å². The van der Waals surface area contributed by atoms with E-state index >= 15 is 0 Å². The lowest BCUT2D eigenvalue weighted by molar-refractivity contribution is 0.0697. The largest absolute Gasteiger partial charge is 0.478 e. The Morgan fingerprint density at radius 1 is 1.05 bits per heavy atom. The van der Waals surface area contributed by atoms with Crippen molar-refractivity contribution in [3.8, 4) is 0 Å². The second-order valence-electron chi connectivity index (χ2n) is 4.82. The van der Waals surface area contributed by atoms with E-state index in [0.717, 1.165) is 25.7 Å². The molecule has 1 aliphatic carbocycles.